The van der Waals surface area contributed by atoms with Crippen molar-refractivity contribution in [3.05, 3.63) is 64.3 Å². The van der Waals surface area contributed by atoms with E-state index in [4.69, 9.17) is 0 Å². The zero-order valence-corrected chi connectivity index (χ0v) is 17.4. The van der Waals surface area contributed by atoms with Crippen LogP contribution in [0.15, 0.2) is 52.1 Å². The topological polar surface area (TPSA) is 66.6 Å². The molecule has 0 aliphatic rings. The maximum absolute atomic E-state index is 13.9. The van der Waals surface area contributed by atoms with E-state index in [1.165, 1.54) is 6.07 Å². The van der Waals surface area contributed by atoms with Crippen LogP contribution < -0.4 is 10.6 Å². The number of rotatable bonds is 8. The highest BCUT2D eigenvalue weighted by molar-refractivity contribution is 9.10. The molecule has 0 unspecified atom stereocenters. The number of pyridine rings is 1. The Hall–Kier alpha value is -2.48. The molecule has 0 saturated heterocycles. The van der Waals surface area contributed by atoms with E-state index in [2.05, 4.69) is 41.8 Å². The number of hydrogen-bond acceptors (Lipinski definition) is 3. The van der Waals surface area contributed by atoms with Crippen molar-refractivity contribution in [3.63, 3.8) is 0 Å². The maximum atomic E-state index is 13.9. The van der Waals surface area contributed by atoms with Gasteiger partial charge in [-0.2, -0.15) is 0 Å². The highest BCUT2D eigenvalue weighted by Crippen LogP contribution is 2.16. The predicted molar refractivity (Wildman–Crippen MR) is 113 cm³/mol. The van der Waals surface area contributed by atoms with Gasteiger partial charge in [-0.15, -0.1) is 10.2 Å². The van der Waals surface area contributed by atoms with E-state index in [0.717, 1.165) is 46.9 Å². The molecule has 0 saturated carbocycles. The number of aryl methyl sites for hydroxylation is 1. The van der Waals surface area contributed by atoms with Gasteiger partial charge < -0.3 is 10.6 Å². The van der Waals surface area contributed by atoms with Gasteiger partial charge in [-0.1, -0.05) is 28.1 Å². The Balaban J connectivity index is 1.48. The van der Waals surface area contributed by atoms with Gasteiger partial charge in [0.05, 0.1) is 0 Å². The number of nitrogens with one attached hydrogen (secondary N) is 2. The summed E-state index contributed by atoms with van der Waals surface area (Å²) in [5, 5.41) is 14.9. The lowest BCUT2D eigenvalue weighted by Gasteiger charge is -2.11. The molecule has 0 bridgehead atoms. The molecule has 8 heteroatoms. The molecule has 2 aromatic heterocycles. The van der Waals surface area contributed by atoms with Crippen LogP contribution in [-0.2, 0) is 12.8 Å². The molecule has 0 amide bonds. The molecule has 28 heavy (non-hydrogen) atoms. The molecule has 0 atom stereocenters. The molecule has 3 rings (SSSR count). The number of benzene rings is 1. The van der Waals surface area contributed by atoms with Crippen LogP contribution >= 0.6 is 15.9 Å². The molecule has 0 aliphatic heterocycles. The Kier molecular flexibility index (Phi) is 7.36. The zero-order valence-electron chi connectivity index (χ0n) is 15.8. The molecule has 0 spiro atoms. The number of aromatic nitrogens is 3. The van der Waals surface area contributed by atoms with Gasteiger partial charge in [-0.3, -0.25) is 9.39 Å². The Morgan fingerprint density at radius 1 is 1.18 bits per heavy atom. The van der Waals surface area contributed by atoms with Gasteiger partial charge in [0.2, 0.25) is 0 Å². The van der Waals surface area contributed by atoms with Gasteiger partial charge in [0.15, 0.2) is 11.6 Å². The summed E-state index contributed by atoms with van der Waals surface area (Å²) in [6, 6.07) is 11.0. The lowest BCUT2D eigenvalue weighted by Crippen LogP contribution is -2.38. The van der Waals surface area contributed by atoms with E-state index in [-0.39, 0.29) is 5.82 Å². The Labute approximate surface area is 172 Å². The molecule has 0 aliphatic carbocycles. The van der Waals surface area contributed by atoms with Crippen LogP contribution in [0.3, 0.4) is 0 Å². The standard InChI is InChI=1S/C20H24BrFN6/c1-2-23-20(24-11-5-6-15-8-9-16(21)14-17(15)22)25-12-10-19-27-26-18-7-3-4-13-28(18)19/h3-4,7-9,13-14H,2,5-6,10-12H2,1H3,(H2,23,24,25). The highest BCUT2D eigenvalue weighted by atomic mass is 79.9. The van der Waals surface area contributed by atoms with Gasteiger partial charge >= 0.3 is 0 Å². The Bertz CT molecular complexity index is 939. The van der Waals surface area contributed by atoms with Crippen molar-refractivity contribution in [1.82, 2.24) is 25.2 Å². The van der Waals surface area contributed by atoms with Gasteiger partial charge in [-0.25, -0.2) is 4.39 Å². The Morgan fingerprint density at radius 2 is 2.07 bits per heavy atom. The van der Waals surface area contributed by atoms with Gasteiger partial charge in [0, 0.05) is 36.7 Å². The fraction of sp³-hybridized carbons (Fsp3) is 0.350. The summed E-state index contributed by atoms with van der Waals surface area (Å²) < 4.78 is 16.6. The van der Waals surface area contributed by atoms with Crippen molar-refractivity contribution in [2.75, 3.05) is 19.6 Å². The predicted octanol–water partition coefficient (Wildman–Crippen LogP) is 3.36. The number of aliphatic imine (C=N–C) groups is 1. The third-order valence-electron chi connectivity index (χ3n) is 4.26. The minimum absolute atomic E-state index is 0.177. The molecule has 6 nitrogen and oxygen atoms in total. The summed E-state index contributed by atoms with van der Waals surface area (Å²) in [5.41, 5.74) is 1.56. The van der Waals surface area contributed by atoms with Crippen molar-refractivity contribution in [2.45, 2.75) is 26.2 Å². The van der Waals surface area contributed by atoms with Crippen molar-refractivity contribution >= 4 is 27.5 Å². The number of halogens is 2. The number of guanidine groups is 1. The second-order valence-electron chi connectivity index (χ2n) is 6.32. The monoisotopic (exact) mass is 446 g/mol. The summed E-state index contributed by atoms with van der Waals surface area (Å²) >= 11 is 3.28. The van der Waals surface area contributed by atoms with E-state index in [9.17, 15) is 4.39 Å². The first-order chi connectivity index (χ1) is 13.7. The quantitative estimate of drug-likeness (QED) is 0.316. The summed E-state index contributed by atoms with van der Waals surface area (Å²) in [4.78, 5) is 4.58. The zero-order chi connectivity index (χ0) is 19.8. The highest BCUT2D eigenvalue weighted by Gasteiger charge is 2.05. The average Bonchev–Trinajstić information content (AvgIpc) is 3.10. The molecular formula is C20H24BrFN6. The van der Waals surface area contributed by atoms with Gasteiger partial charge in [0.1, 0.15) is 11.6 Å². The minimum atomic E-state index is -0.177. The number of fused-ring (bicyclic) bond motifs is 1. The number of hydrogen-bond donors (Lipinski definition) is 2. The van der Waals surface area contributed by atoms with Crippen LogP contribution in [0.5, 0.6) is 0 Å². The van der Waals surface area contributed by atoms with Crippen molar-refractivity contribution in [1.29, 1.82) is 0 Å². The fourth-order valence-electron chi connectivity index (χ4n) is 2.88. The molecular weight excluding hydrogens is 423 g/mol. The van der Waals surface area contributed by atoms with Crippen LogP contribution in [0.1, 0.15) is 24.7 Å². The van der Waals surface area contributed by atoms with Gasteiger partial charge in [-0.05, 0) is 49.6 Å². The smallest absolute Gasteiger partial charge is 0.191 e. The molecule has 2 heterocycles. The van der Waals surface area contributed by atoms with Crippen LogP contribution in [-0.4, -0.2) is 40.2 Å². The van der Waals surface area contributed by atoms with E-state index in [1.807, 2.05) is 47.9 Å². The second-order valence-corrected chi connectivity index (χ2v) is 7.24. The fourth-order valence-corrected chi connectivity index (χ4v) is 3.21. The molecule has 0 radical (unpaired) electrons. The first-order valence-electron chi connectivity index (χ1n) is 9.42. The lowest BCUT2D eigenvalue weighted by atomic mass is 10.1. The Morgan fingerprint density at radius 3 is 2.89 bits per heavy atom. The summed E-state index contributed by atoms with van der Waals surface area (Å²) in [7, 11) is 0. The molecule has 3 aromatic rings. The molecule has 0 fully saturated rings. The third kappa shape index (κ3) is 5.51. The summed E-state index contributed by atoms with van der Waals surface area (Å²) in [5.74, 6) is 1.49. The van der Waals surface area contributed by atoms with E-state index in [0.29, 0.717) is 19.5 Å². The molecule has 1 aromatic carbocycles. The first kappa shape index (κ1) is 20.3. The third-order valence-corrected chi connectivity index (χ3v) is 4.75. The van der Waals surface area contributed by atoms with Crippen molar-refractivity contribution in [3.8, 4) is 0 Å². The van der Waals surface area contributed by atoms with Gasteiger partial charge in [0.25, 0.3) is 0 Å². The summed E-state index contributed by atoms with van der Waals surface area (Å²) in [6.07, 6.45) is 4.14. The summed E-state index contributed by atoms with van der Waals surface area (Å²) in [6.45, 7) is 4.13. The minimum Gasteiger partial charge on any atom is -0.357 e. The lowest BCUT2D eigenvalue weighted by molar-refractivity contribution is 0.604. The van der Waals surface area contributed by atoms with E-state index >= 15 is 0 Å². The van der Waals surface area contributed by atoms with E-state index < -0.39 is 0 Å². The van der Waals surface area contributed by atoms with Crippen molar-refractivity contribution < 1.29 is 4.39 Å². The molecule has 2 N–H and O–H groups in total. The molecule has 148 valence electrons. The van der Waals surface area contributed by atoms with Crippen LogP contribution in [0.4, 0.5) is 4.39 Å². The number of nitrogens with zero attached hydrogens (tertiary/aromatic N) is 4. The van der Waals surface area contributed by atoms with Crippen molar-refractivity contribution in [2.24, 2.45) is 4.99 Å². The largest absolute Gasteiger partial charge is 0.357 e. The first-order valence-corrected chi connectivity index (χ1v) is 10.2. The van der Waals surface area contributed by atoms with Crippen LogP contribution in [0.2, 0.25) is 0 Å². The SMILES string of the molecule is CCNC(=NCCCc1ccc(Br)cc1F)NCCc1nnc2ccccn12. The van der Waals surface area contributed by atoms with E-state index in [1.54, 1.807) is 0 Å². The van der Waals surface area contributed by atoms with Crippen LogP contribution in [0, 0.1) is 5.82 Å². The average molecular weight is 447 g/mol. The second kappa shape index (κ2) is 10.2. The van der Waals surface area contributed by atoms with Crippen LogP contribution in [0.25, 0.3) is 5.65 Å². The normalized spacial score (nSPS) is 11.8. The maximum Gasteiger partial charge on any atom is 0.191 e.